The van der Waals surface area contributed by atoms with E-state index in [2.05, 4.69) is 12.2 Å². The molecule has 1 aliphatic rings. The first-order chi connectivity index (χ1) is 16.4. The summed E-state index contributed by atoms with van der Waals surface area (Å²) in [6.07, 6.45) is 1.80. The Labute approximate surface area is 201 Å². The Bertz CT molecular complexity index is 1240. The van der Waals surface area contributed by atoms with Gasteiger partial charge in [-0.05, 0) is 85.3 Å². The predicted molar refractivity (Wildman–Crippen MR) is 137 cm³/mol. The standard InChI is InChI=1S/C29H30N2O3/c1-5-17-34-25-15-10-22(11-16-25)26-27(30-23-12-7-19(3)20(4)18-23)29(33)31(28(26)32)24-13-8-21(6-2)9-14-24/h7-16,18,30H,5-6,17H2,1-4H3. The largest absolute Gasteiger partial charge is 0.494 e. The molecule has 5 heteroatoms. The third-order valence-corrected chi connectivity index (χ3v) is 6.08. The van der Waals surface area contributed by atoms with Crippen molar-refractivity contribution >= 4 is 28.8 Å². The van der Waals surface area contributed by atoms with Crippen LogP contribution in [0.3, 0.4) is 0 Å². The molecule has 0 aromatic heterocycles. The van der Waals surface area contributed by atoms with E-state index in [1.807, 2.05) is 87.5 Å². The van der Waals surface area contributed by atoms with Gasteiger partial charge in [-0.3, -0.25) is 9.59 Å². The van der Waals surface area contributed by atoms with Gasteiger partial charge in [-0.25, -0.2) is 4.90 Å². The number of nitrogens with one attached hydrogen (secondary N) is 1. The normalized spacial score (nSPS) is 13.6. The van der Waals surface area contributed by atoms with Gasteiger partial charge in [0, 0.05) is 5.69 Å². The highest BCUT2D eigenvalue weighted by Gasteiger charge is 2.40. The van der Waals surface area contributed by atoms with Gasteiger partial charge in [0.05, 0.1) is 17.9 Å². The van der Waals surface area contributed by atoms with Crippen molar-refractivity contribution in [2.24, 2.45) is 0 Å². The molecule has 0 radical (unpaired) electrons. The Morgan fingerprint density at radius 1 is 0.824 bits per heavy atom. The second kappa shape index (κ2) is 9.96. The number of amides is 2. The maximum absolute atomic E-state index is 13.6. The summed E-state index contributed by atoms with van der Waals surface area (Å²) in [5.41, 5.74) is 6.03. The van der Waals surface area contributed by atoms with Crippen molar-refractivity contribution in [1.82, 2.24) is 0 Å². The van der Waals surface area contributed by atoms with Crippen LogP contribution in [0.15, 0.2) is 72.4 Å². The molecule has 0 aliphatic carbocycles. The van der Waals surface area contributed by atoms with Crippen LogP contribution in [0.1, 0.15) is 42.5 Å². The fraction of sp³-hybridized carbons (Fsp3) is 0.241. The predicted octanol–water partition coefficient (Wildman–Crippen LogP) is 6.05. The summed E-state index contributed by atoms with van der Waals surface area (Å²) in [7, 11) is 0. The van der Waals surface area contributed by atoms with E-state index < -0.39 is 0 Å². The minimum Gasteiger partial charge on any atom is -0.494 e. The Morgan fingerprint density at radius 2 is 1.53 bits per heavy atom. The SMILES string of the molecule is CCCOc1ccc(C2=C(Nc3ccc(C)c(C)c3)C(=O)N(c3ccc(CC)cc3)C2=O)cc1. The number of ether oxygens (including phenoxy) is 1. The number of carbonyl (C=O) groups excluding carboxylic acids is 2. The van der Waals surface area contributed by atoms with Gasteiger partial charge >= 0.3 is 0 Å². The molecule has 3 aromatic carbocycles. The summed E-state index contributed by atoms with van der Waals surface area (Å²) in [6.45, 7) is 8.81. The number of anilines is 2. The average molecular weight is 455 g/mol. The summed E-state index contributed by atoms with van der Waals surface area (Å²) in [5.74, 6) is 0.0234. The molecule has 0 unspecified atom stereocenters. The zero-order valence-electron chi connectivity index (χ0n) is 20.1. The number of carbonyl (C=O) groups is 2. The molecule has 0 saturated heterocycles. The lowest BCUT2D eigenvalue weighted by Crippen LogP contribution is -2.32. The number of rotatable bonds is 8. The minimum absolute atomic E-state index is 0.273. The first-order valence-electron chi connectivity index (χ1n) is 11.7. The van der Waals surface area contributed by atoms with Crippen molar-refractivity contribution in [2.45, 2.75) is 40.5 Å². The number of nitrogens with zero attached hydrogens (tertiary/aromatic N) is 1. The topological polar surface area (TPSA) is 58.6 Å². The van der Waals surface area contributed by atoms with Crippen molar-refractivity contribution in [1.29, 1.82) is 0 Å². The van der Waals surface area contributed by atoms with Crippen molar-refractivity contribution in [2.75, 3.05) is 16.8 Å². The first kappa shape index (κ1) is 23.3. The van der Waals surface area contributed by atoms with Crippen LogP contribution in [0.4, 0.5) is 11.4 Å². The van der Waals surface area contributed by atoms with Gasteiger partial charge < -0.3 is 10.1 Å². The van der Waals surface area contributed by atoms with Gasteiger partial charge in [0.25, 0.3) is 11.8 Å². The lowest BCUT2D eigenvalue weighted by molar-refractivity contribution is -0.120. The van der Waals surface area contributed by atoms with Crippen LogP contribution in [0.25, 0.3) is 5.57 Å². The second-order valence-electron chi connectivity index (χ2n) is 8.51. The summed E-state index contributed by atoms with van der Waals surface area (Å²) in [5, 5.41) is 3.25. The first-order valence-corrected chi connectivity index (χ1v) is 11.7. The third kappa shape index (κ3) is 4.60. The van der Waals surface area contributed by atoms with Crippen molar-refractivity contribution in [3.63, 3.8) is 0 Å². The molecule has 5 nitrogen and oxygen atoms in total. The molecule has 0 spiro atoms. The zero-order valence-corrected chi connectivity index (χ0v) is 20.1. The van der Waals surface area contributed by atoms with Gasteiger partial charge in [0.15, 0.2) is 0 Å². The number of benzene rings is 3. The number of hydrogen-bond donors (Lipinski definition) is 1. The zero-order chi connectivity index (χ0) is 24.2. The molecule has 3 aromatic rings. The van der Waals surface area contributed by atoms with E-state index in [4.69, 9.17) is 4.74 Å². The lowest BCUT2D eigenvalue weighted by atomic mass is 10.0. The van der Waals surface area contributed by atoms with Crippen LogP contribution < -0.4 is 15.0 Å². The van der Waals surface area contributed by atoms with Gasteiger partial charge in [-0.2, -0.15) is 0 Å². The molecule has 1 heterocycles. The van der Waals surface area contributed by atoms with Crippen molar-refractivity contribution in [3.8, 4) is 5.75 Å². The summed E-state index contributed by atoms with van der Waals surface area (Å²) >= 11 is 0. The van der Waals surface area contributed by atoms with Gasteiger partial charge in [-0.1, -0.05) is 44.2 Å². The number of imide groups is 1. The highest BCUT2D eigenvalue weighted by atomic mass is 16.5. The Hall–Kier alpha value is -3.86. The maximum Gasteiger partial charge on any atom is 0.282 e. The van der Waals surface area contributed by atoms with Crippen LogP contribution in [0, 0.1) is 13.8 Å². The van der Waals surface area contributed by atoms with E-state index >= 15 is 0 Å². The van der Waals surface area contributed by atoms with E-state index in [0.29, 0.717) is 23.4 Å². The van der Waals surface area contributed by atoms with Crippen LogP contribution in [-0.2, 0) is 16.0 Å². The van der Waals surface area contributed by atoms with E-state index in [1.54, 1.807) is 0 Å². The molecule has 1 aliphatic heterocycles. The molecule has 1 N–H and O–H groups in total. The van der Waals surface area contributed by atoms with Crippen molar-refractivity contribution < 1.29 is 14.3 Å². The molecule has 34 heavy (non-hydrogen) atoms. The second-order valence-corrected chi connectivity index (χ2v) is 8.51. The molecular weight excluding hydrogens is 424 g/mol. The van der Waals surface area contributed by atoms with Gasteiger partial charge in [-0.15, -0.1) is 0 Å². The van der Waals surface area contributed by atoms with E-state index in [0.717, 1.165) is 41.0 Å². The Morgan fingerprint density at radius 3 is 2.15 bits per heavy atom. The van der Waals surface area contributed by atoms with Crippen LogP contribution >= 0.6 is 0 Å². The monoisotopic (exact) mass is 454 g/mol. The highest BCUT2D eigenvalue weighted by molar-refractivity contribution is 6.46. The summed E-state index contributed by atoms with van der Waals surface area (Å²) < 4.78 is 5.69. The molecular formula is C29H30N2O3. The smallest absolute Gasteiger partial charge is 0.282 e. The molecule has 0 fully saturated rings. The lowest BCUT2D eigenvalue weighted by Gasteiger charge is -2.16. The molecule has 174 valence electrons. The van der Waals surface area contributed by atoms with Crippen LogP contribution in [-0.4, -0.2) is 18.4 Å². The van der Waals surface area contributed by atoms with E-state index in [9.17, 15) is 9.59 Å². The fourth-order valence-electron chi connectivity index (χ4n) is 3.93. The Balaban J connectivity index is 1.75. The number of hydrogen-bond acceptors (Lipinski definition) is 4. The van der Waals surface area contributed by atoms with Crippen LogP contribution in [0.5, 0.6) is 5.75 Å². The molecule has 0 atom stereocenters. The fourth-order valence-corrected chi connectivity index (χ4v) is 3.93. The quantitative estimate of drug-likeness (QED) is 0.421. The molecule has 2 amide bonds. The van der Waals surface area contributed by atoms with E-state index in [1.165, 1.54) is 4.90 Å². The Kier molecular flexibility index (Phi) is 6.82. The van der Waals surface area contributed by atoms with Gasteiger partial charge in [0.2, 0.25) is 0 Å². The highest BCUT2D eigenvalue weighted by Crippen LogP contribution is 2.34. The molecule has 0 bridgehead atoms. The average Bonchev–Trinajstić information content (AvgIpc) is 3.09. The summed E-state index contributed by atoms with van der Waals surface area (Å²) in [6, 6.07) is 20.8. The van der Waals surface area contributed by atoms with E-state index in [-0.39, 0.29) is 17.5 Å². The molecule has 0 saturated carbocycles. The maximum atomic E-state index is 13.6. The van der Waals surface area contributed by atoms with Crippen LogP contribution in [0.2, 0.25) is 0 Å². The van der Waals surface area contributed by atoms with Gasteiger partial charge in [0.1, 0.15) is 11.4 Å². The summed E-state index contributed by atoms with van der Waals surface area (Å²) in [4.78, 5) is 28.5. The molecule has 4 rings (SSSR count). The third-order valence-electron chi connectivity index (χ3n) is 6.08. The minimum atomic E-state index is -0.367. The van der Waals surface area contributed by atoms with Crippen molar-refractivity contribution in [3.05, 3.63) is 94.7 Å². The number of aryl methyl sites for hydroxylation is 3.